The van der Waals surface area contributed by atoms with Crippen molar-refractivity contribution in [2.45, 2.75) is 116 Å². The number of carbonyl (C=O) groups is 1. The molecule has 0 bridgehead atoms. The Labute approximate surface area is 233 Å². The lowest BCUT2D eigenvalue weighted by Gasteiger charge is -2.25. The van der Waals surface area contributed by atoms with Gasteiger partial charge in [-0.05, 0) is 32.1 Å². The molecule has 3 atom stereocenters. The van der Waals surface area contributed by atoms with E-state index in [0.717, 1.165) is 38.5 Å². The topological polar surface area (TPSA) is 105 Å². The van der Waals surface area contributed by atoms with Crippen LogP contribution in [0.4, 0.5) is 0 Å². The summed E-state index contributed by atoms with van der Waals surface area (Å²) in [6.45, 7) is 4.63. The fourth-order valence-electron chi connectivity index (χ4n) is 3.70. The molecule has 1 amide bonds. The van der Waals surface area contributed by atoms with Crippen LogP contribution in [-0.4, -0.2) is 73.4 Å². The highest BCUT2D eigenvalue weighted by Gasteiger charge is 2.27. The van der Waals surface area contributed by atoms with E-state index < -0.39 is 20.0 Å². The number of allylic oxidation sites excluding steroid dienone is 3. The highest BCUT2D eigenvalue weighted by atomic mass is 31.2. The van der Waals surface area contributed by atoms with Crippen molar-refractivity contribution in [3.63, 3.8) is 0 Å². The van der Waals surface area contributed by atoms with Crippen molar-refractivity contribution in [3.8, 4) is 0 Å². The average Bonchev–Trinajstić information content (AvgIpc) is 2.84. The molecule has 3 N–H and O–H groups in total. The normalized spacial score (nSPS) is 15.7. The van der Waals surface area contributed by atoms with Gasteiger partial charge in [-0.25, -0.2) is 4.57 Å². The van der Waals surface area contributed by atoms with E-state index in [9.17, 15) is 19.4 Å². The molecular weight excluding hydrogens is 503 g/mol. The monoisotopic (exact) mass is 561 g/mol. The quantitative estimate of drug-likeness (QED) is 0.0524. The van der Waals surface area contributed by atoms with Crippen LogP contribution >= 0.6 is 7.82 Å². The smallest absolute Gasteiger partial charge is 0.387 e. The number of unbranched alkanes of at least 4 members (excludes halogenated alkanes) is 10. The third-order valence-corrected chi connectivity index (χ3v) is 7.16. The van der Waals surface area contributed by atoms with Crippen LogP contribution < -0.4 is 5.32 Å². The number of carbonyl (C=O) groups excluding carboxylic acids is 1. The highest BCUT2D eigenvalue weighted by molar-refractivity contribution is 7.47. The molecular formula is C29H58N2O6P+. The SMILES string of the molecule is CCCCCC/C=C/CC/C=C/C(O)C(COP(=O)(O)OCC[N+](C)(C)C)NC(=O)CCCCCCCC. The Morgan fingerprint density at radius 2 is 1.45 bits per heavy atom. The van der Waals surface area contributed by atoms with Crippen LogP contribution in [-0.2, 0) is 18.4 Å². The second kappa shape index (κ2) is 22.8. The average molecular weight is 562 g/mol. The van der Waals surface area contributed by atoms with Crippen molar-refractivity contribution in [3.05, 3.63) is 24.3 Å². The maximum atomic E-state index is 12.5. The van der Waals surface area contributed by atoms with Crippen LogP contribution in [0.5, 0.6) is 0 Å². The van der Waals surface area contributed by atoms with E-state index in [0.29, 0.717) is 17.4 Å². The molecule has 0 aromatic carbocycles. The summed E-state index contributed by atoms with van der Waals surface area (Å²) in [5.74, 6) is -0.203. The number of likely N-dealkylation sites (N-methyl/N-ethyl adjacent to an activating group) is 1. The standard InChI is InChI=1S/C29H57N2O6P/c1-6-8-10-12-14-15-16-17-18-20-22-28(32)27(30-29(33)23-21-19-13-11-9-7-2)26-37-38(34,35)36-25-24-31(3,4)5/h15-16,20,22,27-28,32H,6-14,17-19,21,23-26H2,1-5H3,(H-,30,33,34,35)/p+1/b16-15+,22-20+. The zero-order valence-corrected chi connectivity index (χ0v) is 25.8. The van der Waals surface area contributed by atoms with Crippen molar-refractivity contribution in [1.29, 1.82) is 0 Å². The minimum absolute atomic E-state index is 0.0565. The molecule has 8 nitrogen and oxygen atoms in total. The van der Waals surface area contributed by atoms with Crippen molar-refractivity contribution in [2.75, 3.05) is 40.9 Å². The number of aliphatic hydroxyl groups is 1. The molecule has 3 unspecified atom stereocenters. The van der Waals surface area contributed by atoms with E-state index in [-0.39, 0.29) is 19.1 Å². The molecule has 0 saturated carbocycles. The summed E-state index contributed by atoms with van der Waals surface area (Å²) in [4.78, 5) is 22.6. The summed E-state index contributed by atoms with van der Waals surface area (Å²) >= 11 is 0. The van der Waals surface area contributed by atoms with Crippen LogP contribution in [0.3, 0.4) is 0 Å². The number of quaternary nitrogens is 1. The van der Waals surface area contributed by atoms with Crippen LogP contribution in [0.15, 0.2) is 24.3 Å². The van der Waals surface area contributed by atoms with Gasteiger partial charge in [-0.15, -0.1) is 0 Å². The number of nitrogens with zero attached hydrogens (tertiary/aromatic N) is 1. The van der Waals surface area contributed by atoms with E-state index in [2.05, 4.69) is 31.3 Å². The number of hydrogen-bond donors (Lipinski definition) is 3. The number of rotatable bonds is 25. The van der Waals surface area contributed by atoms with Gasteiger partial charge >= 0.3 is 7.82 Å². The van der Waals surface area contributed by atoms with Gasteiger partial charge in [-0.3, -0.25) is 13.8 Å². The molecule has 0 aliphatic heterocycles. The van der Waals surface area contributed by atoms with E-state index in [1.807, 2.05) is 27.2 Å². The first kappa shape index (κ1) is 37.0. The van der Waals surface area contributed by atoms with Gasteiger partial charge in [0.25, 0.3) is 0 Å². The Bertz CT molecular complexity index is 693. The van der Waals surface area contributed by atoms with Crippen LogP contribution in [0.2, 0.25) is 0 Å². The van der Waals surface area contributed by atoms with Crippen LogP contribution in [0.25, 0.3) is 0 Å². The maximum absolute atomic E-state index is 12.5. The van der Waals surface area contributed by atoms with Crippen LogP contribution in [0.1, 0.15) is 104 Å². The first-order valence-electron chi connectivity index (χ1n) is 14.7. The fraction of sp³-hybridized carbons (Fsp3) is 0.828. The molecule has 0 fully saturated rings. The number of hydrogen-bond acceptors (Lipinski definition) is 5. The van der Waals surface area contributed by atoms with Gasteiger partial charge in [0, 0.05) is 6.42 Å². The Balaban J connectivity index is 4.77. The van der Waals surface area contributed by atoms with Crippen LogP contribution in [0, 0.1) is 0 Å². The summed E-state index contributed by atoms with van der Waals surface area (Å²) in [6.07, 6.45) is 21.3. The Morgan fingerprint density at radius 3 is 2.11 bits per heavy atom. The molecule has 0 spiro atoms. The van der Waals surface area contributed by atoms with Crippen molar-refractivity contribution >= 4 is 13.7 Å². The molecule has 0 aliphatic carbocycles. The third kappa shape index (κ3) is 24.1. The molecule has 0 aliphatic rings. The maximum Gasteiger partial charge on any atom is 0.472 e. The van der Waals surface area contributed by atoms with Crippen molar-refractivity contribution < 1.29 is 32.9 Å². The third-order valence-electron chi connectivity index (χ3n) is 6.17. The summed E-state index contributed by atoms with van der Waals surface area (Å²) in [5, 5.41) is 13.5. The number of phosphoric ester groups is 1. The van der Waals surface area contributed by atoms with E-state index in [4.69, 9.17) is 9.05 Å². The number of phosphoric acid groups is 1. The van der Waals surface area contributed by atoms with Gasteiger partial charge in [0.05, 0.1) is 39.9 Å². The summed E-state index contributed by atoms with van der Waals surface area (Å²) < 4.78 is 23.1. The molecule has 0 radical (unpaired) electrons. The Kier molecular flexibility index (Phi) is 22.1. The van der Waals surface area contributed by atoms with Gasteiger partial charge in [0.1, 0.15) is 13.2 Å². The van der Waals surface area contributed by atoms with Crippen molar-refractivity contribution in [2.24, 2.45) is 0 Å². The Hall–Kier alpha value is -1.02. The van der Waals surface area contributed by atoms with Gasteiger partial charge in [-0.2, -0.15) is 0 Å². The van der Waals surface area contributed by atoms with Crippen molar-refractivity contribution in [1.82, 2.24) is 5.32 Å². The lowest BCUT2D eigenvalue weighted by molar-refractivity contribution is -0.870. The lowest BCUT2D eigenvalue weighted by Crippen LogP contribution is -2.45. The molecule has 0 aromatic rings. The number of aliphatic hydroxyl groups excluding tert-OH is 1. The molecule has 224 valence electrons. The molecule has 9 heteroatoms. The van der Waals surface area contributed by atoms with Gasteiger partial charge in [-0.1, -0.05) is 89.5 Å². The van der Waals surface area contributed by atoms with E-state index in [1.165, 1.54) is 44.9 Å². The van der Waals surface area contributed by atoms with Gasteiger partial charge in [0.15, 0.2) is 0 Å². The van der Waals surface area contributed by atoms with E-state index in [1.54, 1.807) is 6.08 Å². The lowest BCUT2D eigenvalue weighted by atomic mass is 10.1. The second-order valence-corrected chi connectivity index (χ2v) is 12.6. The number of amides is 1. The Morgan fingerprint density at radius 1 is 0.868 bits per heavy atom. The predicted octanol–water partition coefficient (Wildman–Crippen LogP) is 6.29. The molecule has 0 heterocycles. The molecule has 0 saturated heterocycles. The summed E-state index contributed by atoms with van der Waals surface area (Å²) in [5.41, 5.74) is 0. The zero-order chi connectivity index (χ0) is 28.7. The van der Waals surface area contributed by atoms with Gasteiger partial charge in [0.2, 0.25) is 5.91 Å². The first-order valence-corrected chi connectivity index (χ1v) is 16.2. The predicted molar refractivity (Wildman–Crippen MR) is 157 cm³/mol. The zero-order valence-electron chi connectivity index (χ0n) is 24.9. The molecule has 38 heavy (non-hydrogen) atoms. The first-order chi connectivity index (χ1) is 18.0. The molecule has 0 aromatic heterocycles. The fourth-order valence-corrected chi connectivity index (χ4v) is 4.44. The largest absolute Gasteiger partial charge is 0.472 e. The molecule has 0 rings (SSSR count). The second-order valence-electron chi connectivity index (χ2n) is 11.1. The minimum atomic E-state index is -4.31. The number of nitrogens with one attached hydrogen (secondary N) is 1. The summed E-state index contributed by atoms with van der Waals surface area (Å²) in [6, 6.07) is -0.851. The van der Waals surface area contributed by atoms with Gasteiger partial charge < -0.3 is 19.8 Å². The highest BCUT2D eigenvalue weighted by Crippen LogP contribution is 2.43. The summed E-state index contributed by atoms with van der Waals surface area (Å²) in [7, 11) is 1.54. The minimum Gasteiger partial charge on any atom is -0.387 e. The van der Waals surface area contributed by atoms with E-state index >= 15 is 0 Å².